The first-order valence-corrected chi connectivity index (χ1v) is 3.73. The van der Waals surface area contributed by atoms with E-state index in [0.717, 1.165) is 18.2 Å². The van der Waals surface area contributed by atoms with Gasteiger partial charge >= 0.3 is 5.43 Å². The maximum Gasteiger partial charge on any atom is 0.404 e. The lowest BCUT2D eigenvalue weighted by Crippen LogP contribution is -1.96. The van der Waals surface area contributed by atoms with Gasteiger partial charge in [0.15, 0.2) is 0 Å². The fourth-order valence-electron chi connectivity index (χ4n) is 0.834. The molecule has 0 unspecified atom stereocenters. The number of carbonyl (C=O) groups is 1. The van der Waals surface area contributed by atoms with Crippen molar-refractivity contribution in [1.82, 2.24) is 0 Å². The highest BCUT2D eigenvalue weighted by Crippen LogP contribution is 2.09. The molecule has 0 bridgehead atoms. The summed E-state index contributed by atoms with van der Waals surface area (Å²) in [7, 11) is 0. The third-order valence-electron chi connectivity index (χ3n) is 1.27. The first kappa shape index (κ1) is 9.92. The Morgan fingerprint density at radius 3 is 2.31 bits per heavy atom. The molecule has 2 nitrogen and oxygen atoms in total. The van der Waals surface area contributed by atoms with Crippen molar-refractivity contribution in [3.05, 3.63) is 35.4 Å². The van der Waals surface area contributed by atoms with Crippen LogP contribution in [0.2, 0.25) is 0 Å². The van der Waals surface area contributed by atoms with Crippen molar-refractivity contribution >= 4 is 17.0 Å². The second-order valence-electron chi connectivity index (χ2n) is 2.30. The van der Waals surface area contributed by atoms with Gasteiger partial charge in [0, 0.05) is 17.7 Å². The second-order valence-corrected chi connectivity index (χ2v) is 2.61. The van der Waals surface area contributed by atoms with Crippen LogP contribution in [-0.4, -0.2) is 5.43 Å². The summed E-state index contributed by atoms with van der Waals surface area (Å²) < 4.78 is 29.4. The summed E-state index contributed by atoms with van der Waals surface area (Å²) in [6.07, 6.45) is 0. The van der Waals surface area contributed by atoms with E-state index in [2.05, 4.69) is 4.74 Å². The largest absolute Gasteiger partial charge is 0.449 e. The Kier molecular flexibility index (Phi) is 3.19. The van der Waals surface area contributed by atoms with Crippen molar-refractivity contribution in [2.24, 2.45) is 0 Å². The molecule has 70 valence electrons. The molecule has 0 amide bonds. The standard InChI is InChI=1S/C8H5ClF2O2/c9-8(12)13-4-5-1-6(10)3-7(11)2-5/h1-3H,4H2. The number of hydrogen-bond acceptors (Lipinski definition) is 2. The summed E-state index contributed by atoms with van der Waals surface area (Å²) in [5.74, 6) is -1.44. The molecular formula is C8H5ClF2O2. The van der Waals surface area contributed by atoms with Gasteiger partial charge in [-0.2, -0.15) is 0 Å². The zero-order valence-corrected chi connectivity index (χ0v) is 7.15. The zero-order valence-electron chi connectivity index (χ0n) is 6.39. The molecular weight excluding hydrogens is 202 g/mol. The Balaban J connectivity index is 2.71. The number of carbonyl (C=O) groups excluding carboxylic acids is 1. The highest BCUT2D eigenvalue weighted by Gasteiger charge is 2.02. The van der Waals surface area contributed by atoms with Gasteiger partial charge in [0.05, 0.1) is 0 Å². The Morgan fingerprint density at radius 2 is 1.85 bits per heavy atom. The minimum Gasteiger partial charge on any atom is -0.449 e. The van der Waals surface area contributed by atoms with Gasteiger partial charge in [-0.15, -0.1) is 0 Å². The fourth-order valence-corrected chi connectivity index (χ4v) is 0.889. The monoisotopic (exact) mass is 206 g/mol. The first-order chi connectivity index (χ1) is 6.08. The van der Waals surface area contributed by atoms with E-state index in [4.69, 9.17) is 11.6 Å². The molecule has 0 saturated heterocycles. The smallest absolute Gasteiger partial charge is 0.404 e. The summed E-state index contributed by atoms with van der Waals surface area (Å²) in [5.41, 5.74) is -0.795. The molecule has 1 aromatic carbocycles. The molecule has 0 N–H and O–H groups in total. The maximum atomic E-state index is 12.5. The van der Waals surface area contributed by atoms with Gasteiger partial charge in [-0.05, 0) is 17.7 Å². The normalized spacial score (nSPS) is 9.77. The van der Waals surface area contributed by atoms with Crippen LogP contribution in [0.1, 0.15) is 5.56 Å². The van der Waals surface area contributed by atoms with E-state index >= 15 is 0 Å². The number of ether oxygens (including phenoxy) is 1. The third kappa shape index (κ3) is 3.38. The lowest BCUT2D eigenvalue weighted by molar-refractivity contribution is 0.167. The van der Waals surface area contributed by atoms with Crippen LogP contribution in [0.5, 0.6) is 0 Å². The predicted octanol–water partition coefficient (Wildman–Crippen LogP) is 2.84. The zero-order chi connectivity index (χ0) is 9.84. The molecule has 0 aliphatic rings. The van der Waals surface area contributed by atoms with Crippen LogP contribution < -0.4 is 0 Å². The van der Waals surface area contributed by atoms with Crippen molar-refractivity contribution in [2.45, 2.75) is 6.61 Å². The quantitative estimate of drug-likeness (QED) is 0.696. The molecule has 0 aliphatic heterocycles. The molecule has 0 spiro atoms. The molecule has 0 heterocycles. The number of hydrogen-bond donors (Lipinski definition) is 0. The van der Waals surface area contributed by atoms with Gasteiger partial charge in [-0.3, -0.25) is 0 Å². The predicted molar refractivity (Wildman–Crippen MR) is 42.4 cm³/mol. The second kappa shape index (κ2) is 4.18. The van der Waals surface area contributed by atoms with E-state index in [1.165, 1.54) is 0 Å². The molecule has 0 aromatic heterocycles. The Labute approximate surface area is 78.1 Å². The van der Waals surface area contributed by atoms with Crippen molar-refractivity contribution in [2.75, 3.05) is 0 Å². The van der Waals surface area contributed by atoms with E-state index in [1.54, 1.807) is 0 Å². The van der Waals surface area contributed by atoms with Gasteiger partial charge in [-0.1, -0.05) is 0 Å². The van der Waals surface area contributed by atoms with Gasteiger partial charge in [0.25, 0.3) is 0 Å². The summed E-state index contributed by atoms with van der Waals surface area (Å²) in [5, 5.41) is 0. The topological polar surface area (TPSA) is 26.3 Å². The Morgan fingerprint density at radius 1 is 1.31 bits per heavy atom. The van der Waals surface area contributed by atoms with Crippen molar-refractivity contribution < 1.29 is 18.3 Å². The van der Waals surface area contributed by atoms with Crippen LogP contribution in [0.25, 0.3) is 0 Å². The van der Waals surface area contributed by atoms with Gasteiger partial charge < -0.3 is 4.74 Å². The van der Waals surface area contributed by atoms with Crippen molar-refractivity contribution in [3.8, 4) is 0 Å². The summed E-state index contributed by atoms with van der Waals surface area (Å²) in [6, 6.07) is 2.85. The molecule has 0 radical (unpaired) electrons. The molecule has 1 rings (SSSR count). The number of benzene rings is 1. The molecule has 5 heteroatoms. The molecule has 0 atom stereocenters. The van der Waals surface area contributed by atoms with Gasteiger partial charge in [-0.25, -0.2) is 13.6 Å². The highest BCUT2D eigenvalue weighted by atomic mass is 35.5. The lowest BCUT2D eigenvalue weighted by Gasteiger charge is -2.00. The van der Waals surface area contributed by atoms with Crippen LogP contribution in [0, 0.1) is 11.6 Å². The van der Waals surface area contributed by atoms with E-state index < -0.39 is 17.1 Å². The number of halogens is 3. The SMILES string of the molecule is O=C(Cl)OCc1cc(F)cc(F)c1. The van der Waals surface area contributed by atoms with Gasteiger partial charge in [0.1, 0.15) is 18.2 Å². The van der Waals surface area contributed by atoms with E-state index in [1.807, 2.05) is 0 Å². The van der Waals surface area contributed by atoms with E-state index in [9.17, 15) is 13.6 Å². The summed E-state index contributed by atoms with van der Waals surface area (Å²) >= 11 is 4.86. The average molecular weight is 207 g/mol. The molecule has 0 aliphatic carbocycles. The number of rotatable bonds is 2. The summed E-state index contributed by atoms with van der Waals surface area (Å²) in [6.45, 7) is -0.239. The molecule has 0 saturated carbocycles. The Hall–Kier alpha value is -1.16. The van der Waals surface area contributed by atoms with Crippen molar-refractivity contribution in [3.63, 3.8) is 0 Å². The fraction of sp³-hybridized carbons (Fsp3) is 0.125. The average Bonchev–Trinajstić information content (AvgIpc) is 1.99. The first-order valence-electron chi connectivity index (χ1n) is 3.35. The highest BCUT2D eigenvalue weighted by molar-refractivity contribution is 6.61. The van der Waals surface area contributed by atoms with Crippen molar-refractivity contribution in [1.29, 1.82) is 0 Å². The lowest BCUT2D eigenvalue weighted by atomic mass is 10.2. The third-order valence-corrected chi connectivity index (χ3v) is 1.38. The van der Waals surface area contributed by atoms with Crippen LogP contribution in [0.15, 0.2) is 18.2 Å². The molecule has 1 aromatic rings. The maximum absolute atomic E-state index is 12.5. The Bertz CT molecular complexity index is 308. The minimum absolute atomic E-state index is 0.214. The van der Waals surface area contributed by atoms with Crippen LogP contribution >= 0.6 is 11.6 Å². The van der Waals surface area contributed by atoms with E-state index in [-0.39, 0.29) is 12.2 Å². The molecule has 0 fully saturated rings. The minimum atomic E-state index is -1.01. The summed E-state index contributed by atoms with van der Waals surface area (Å²) in [4.78, 5) is 10.1. The van der Waals surface area contributed by atoms with E-state index in [0.29, 0.717) is 0 Å². The van der Waals surface area contributed by atoms with Crippen LogP contribution in [0.4, 0.5) is 13.6 Å². The molecule has 13 heavy (non-hydrogen) atoms. The van der Waals surface area contributed by atoms with Crippen LogP contribution in [-0.2, 0) is 11.3 Å². The van der Waals surface area contributed by atoms with Crippen LogP contribution in [0.3, 0.4) is 0 Å². The van der Waals surface area contributed by atoms with Gasteiger partial charge in [0.2, 0.25) is 0 Å².